The van der Waals surface area contributed by atoms with E-state index >= 15 is 0 Å². The number of ketones is 1. The first-order valence-corrected chi connectivity index (χ1v) is 9.81. The average molecular weight is 399 g/mol. The van der Waals surface area contributed by atoms with Crippen LogP contribution in [-0.4, -0.2) is 21.1 Å². The Morgan fingerprint density at radius 3 is 2.74 bits per heavy atom. The van der Waals surface area contributed by atoms with Crippen molar-refractivity contribution in [1.29, 1.82) is 0 Å². The summed E-state index contributed by atoms with van der Waals surface area (Å²) >= 11 is 7.29. The van der Waals surface area contributed by atoms with Crippen molar-refractivity contribution in [1.82, 2.24) is 9.55 Å². The Labute approximate surface area is 166 Å². The molecule has 3 aromatic rings. The maximum absolute atomic E-state index is 12.8. The molecule has 0 spiro atoms. The van der Waals surface area contributed by atoms with Gasteiger partial charge in [0.25, 0.3) is 5.56 Å². The van der Waals surface area contributed by atoms with Gasteiger partial charge >= 0.3 is 0 Å². The fraction of sp³-hybridized carbons (Fsp3) is 0.190. The first kappa shape index (κ1) is 19.4. The third-order valence-corrected chi connectivity index (χ3v) is 5.42. The lowest BCUT2D eigenvalue weighted by atomic mass is 10.0. The van der Waals surface area contributed by atoms with Crippen LogP contribution in [0.15, 0.2) is 59.0 Å². The average Bonchev–Trinajstić information content (AvgIpc) is 2.62. The molecule has 0 radical (unpaired) electrons. The van der Waals surface area contributed by atoms with Crippen molar-refractivity contribution >= 4 is 40.0 Å². The van der Waals surface area contributed by atoms with Crippen LogP contribution in [0.3, 0.4) is 0 Å². The van der Waals surface area contributed by atoms with Crippen LogP contribution in [0.2, 0.25) is 5.02 Å². The van der Waals surface area contributed by atoms with E-state index in [1.54, 1.807) is 24.3 Å². The van der Waals surface area contributed by atoms with Crippen LogP contribution in [0.5, 0.6) is 0 Å². The van der Waals surface area contributed by atoms with Crippen LogP contribution >= 0.6 is 23.4 Å². The van der Waals surface area contributed by atoms with Gasteiger partial charge in [-0.15, -0.1) is 6.58 Å². The Bertz CT molecular complexity index is 1110. The molecule has 3 rings (SSSR count). The van der Waals surface area contributed by atoms with Gasteiger partial charge in [0.2, 0.25) is 0 Å². The van der Waals surface area contributed by atoms with Crippen LogP contribution in [0.25, 0.3) is 10.9 Å². The molecular weight excluding hydrogens is 380 g/mol. The topological polar surface area (TPSA) is 52.0 Å². The third-order valence-electron chi connectivity index (χ3n) is 4.21. The molecule has 0 amide bonds. The Morgan fingerprint density at radius 2 is 2.04 bits per heavy atom. The summed E-state index contributed by atoms with van der Waals surface area (Å²) in [6.07, 6.45) is 1.64. The lowest BCUT2D eigenvalue weighted by Gasteiger charge is -2.12. The summed E-state index contributed by atoms with van der Waals surface area (Å²) in [5, 5.41) is 1.48. The molecule has 0 aliphatic rings. The smallest absolute Gasteiger partial charge is 0.262 e. The van der Waals surface area contributed by atoms with E-state index in [2.05, 4.69) is 11.6 Å². The molecule has 4 nitrogen and oxygen atoms in total. The van der Waals surface area contributed by atoms with E-state index in [4.69, 9.17) is 11.6 Å². The van der Waals surface area contributed by atoms with E-state index < -0.39 is 0 Å². The van der Waals surface area contributed by atoms with Gasteiger partial charge in [0.05, 0.1) is 16.7 Å². The molecule has 0 saturated carbocycles. The second kappa shape index (κ2) is 8.11. The summed E-state index contributed by atoms with van der Waals surface area (Å²) in [7, 11) is 0. The van der Waals surface area contributed by atoms with Gasteiger partial charge in [0.15, 0.2) is 10.9 Å². The van der Waals surface area contributed by atoms with Gasteiger partial charge in [-0.2, -0.15) is 0 Å². The zero-order valence-electron chi connectivity index (χ0n) is 15.2. The molecule has 0 atom stereocenters. The number of nitrogens with zero attached hydrogens (tertiary/aromatic N) is 2. The van der Waals surface area contributed by atoms with Crippen LogP contribution in [0.4, 0.5) is 0 Å². The van der Waals surface area contributed by atoms with E-state index in [-0.39, 0.29) is 17.1 Å². The minimum absolute atomic E-state index is 0.00286. The highest BCUT2D eigenvalue weighted by atomic mass is 35.5. The summed E-state index contributed by atoms with van der Waals surface area (Å²) in [6, 6.07) is 10.8. The highest BCUT2D eigenvalue weighted by Crippen LogP contribution is 2.22. The number of Topliss-reactive ketones (excluding diaryl/α,β-unsaturated/α-hetero) is 1. The summed E-state index contributed by atoms with van der Waals surface area (Å²) in [4.78, 5) is 30.0. The van der Waals surface area contributed by atoms with Gasteiger partial charge < -0.3 is 0 Å². The summed E-state index contributed by atoms with van der Waals surface area (Å²) in [6.45, 7) is 7.95. The van der Waals surface area contributed by atoms with Gasteiger partial charge in [-0.1, -0.05) is 53.2 Å². The quantitative estimate of drug-likeness (QED) is 0.258. The van der Waals surface area contributed by atoms with Crippen molar-refractivity contribution in [3.63, 3.8) is 0 Å². The molecule has 0 saturated heterocycles. The van der Waals surface area contributed by atoms with E-state index in [1.807, 2.05) is 32.0 Å². The summed E-state index contributed by atoms with van der Waals surface area (Å²) in [5.41, 5.74) is 3.11. The molecule has 0 aliphatic heterocycles. The molecular formula is C21H19ClN2O2S. The molecule has 138 valence electrons. The number of carbonyl (C=O) groups is 1. The standard InChI is InChI=1S/C21H19ClN2O2S/c1-4-9-24-20(26)17-8-6-15(22)11-18(17)23-21(24)27-12-19(25)16-7-5-13(2)10-14(16)3/h4-8,10-11H,1,9,12H2,2-3H3. The lowest BCUT2D eigenvalue weighted by Crippen LogP contribution is -2.23. The number of thioether (sulfide) groups is 1. The molecule has 1 aromatic heterocycles. The third kappa shape index (κ3) is 4.15. The Morgan fingerprint density at radius 1 is 1.26 bits per heavy atom. The molecule has 27 heavy (non-hydrogen) atoms. The van der Waals surface area contributed by atoms with E-state index in [1.165, 1.54) is 16.3 Å². The number of rotatable bonds is 6. The Kier molecular flexibility index (Phi) is 5.82. The number of carbonyl (C=O) groups excluding carboxylic acids is 1. The van der Waals surface area contributed by atoms with Gasteiger partial charge in [-0.3, -0.25) is 14.2 Å². The van der Waals surface area contributed by atoms with Gasteiger partial charge in [0.1, 0.15) is 0 Å². The van der Waals surface area contributed by atoms with Crippen molar-refractivity contribution in [3.8, 4) is 0 Å². The van der Waals surface area contributed by atoms with Gasteiger partial charge in [0, 0.05) is 17.1 Å². The number of allylic oxidation sites excluding steroid dienone is 1. The minimum atomic E-state index is -0.168. The second-order valence-corrected chi connectivity index (χ2v) is 7.67. The number of hydrogen-bond acceptors (Lipinski definition) is 4. The fourth-order valence-corrected chi connectivity index (χ4v) is 3.97. The van der Waals surface area contributed by atoms with Crippen molar-refractivity contribution < 1.29 is 4.79 Å². The number of benzene rings is 2. The lowest BCUT2D eigenvalue weighted by molar-refractivity contribution is 0.102. The first-order valence-electron chi connectivity index (χ1n) is 8.45. The van der Waals surface area contributed by atoms with Gasteiger partial charge in [-0.25, -0.2) is 4.98 Å². The maximum atomic E-state index is 12.8. The minimum Gasteiger partial charge on any atom is -0.293 e. The predicted octanol–water partition coefficient (Wildman–Crippen LogP) is 4.83. The van der Waals surface area contributed by atoms with Crippen LogP contribution in [0, 0.1) is 13.8 Å². The number of fused-ring (bicyclic) bond motifs is 1. The Balaban J connectivity index is 1.95. The second-order valence-electron chi connectivity index (χ2n) is 6.29. The van der Waals surface area contributed by atoms with Crippen molar-refractivity contribution in [2.24, 2.45) is 0 Å². The van der Waals surface area contributed by atoms with E-state index in [9.17, 15) is 9.59 Å². The van der Waals surface area contributed by atoms with Crippen LogP contribution in [0.1, 0.15) is 21.5 Å². The maximum Gasteiger partial charge on any atom is 0.262 e. The molecule has 0 bridgehead atoms. The van der Waals surface area contributed by atoms with E-state index in [0.717, 1.165) is 11.1 Å². The molecule has 0 fully saturated rings. The molecule has 0 aliphatic carbocycles. The van der Waals surface area contributed by atoms with Crippen molar-refractivity contribution in [2.75, 3.05) is 5.75 Å². The van der Waals surface area contributed by atoms with E-state index in [0.29, 0.717) is 33.2 Å². The van der Waals surface area contributed by atoms with Crippen molar-refractivity contribution in [3.05, 3.63) is 81.1 Å². The highest BCUT2D eigenvalue weighted by molar-refractivity contribution is 7.99. The number of halogens is 1. The predicted molar refractivity (Wildman–Crippen MR) is 112 cm³/mol. The summed E-state index contributed by atoms with van der Waals surface area (Å²) in [5.74, 6) is 0.197. The molecule has 6 heteroatoms. The first-order chi connectivity index (χ1) is 12.9. The molecule has 0 unspecified atom stereocenters. The highest BCUT2D eigenvalue weighted by Gasteiger charge is 2.15. The van der Waals surface area contributed by atoms with Gasteiger partial charge in [-0.05, 0) is 37.6 Å². The normalized spacial score (nSPS) is 10.9. The number of aromatic nitrogens is 2. The Hall–Kier alpha value is -2.37. The SMILES string of the molecule is C=CCn1c(SCC(=O)c2ccc(C)cc2C)nc2cc(Cl)ccc2c1=O. The number of hydrogen-bond donors (Lipinski definition) is 0. The summed E-state index contributed by atoms with van der Waals surface area (Å²) < 4.78 is 1.53. The van der Waals surface area contributed by atoms with Crippen molar-refractivity contribution in [2.45, 2.75) is 25.5 Å². The largest absolute Gasteiger partial charge is 0.293 e. The molecule has 1 heterocycles. The molecule has 2 aromatic carbocycles. The zero-order chi connectivity index (χ0) is 19.6. The molecule has 0 N–H and O–H groups in total. The fourth-order valence-electron chi connectivity index (χ4n) is 2.91. The zero-order valence-corrected chi connectivity index (χ0v) is 16.7. The van der Waals surface area contributed by atoms with Crippen LogP contribution < -0.4 is 5.56 Å². The monoisotopic (exact) mass is 398 g/mol. The van der Waals surface area contributed by atoms with Crippen LogP contribution in [-0.2, 0) is 6.54 Å². The number of aryl methyl sites for hydroxylation is 2.